The number of rotatable bonds is 5. The Morgan fingerprint density at radius 3 is 2.17 bits per heavy atom. The number of carbonyl (C=O) groups excluding carboxylic acids is 1. The van der Waals surface area contributed by atoms with Gasteiger partial charge in [-0.3, -0.25) is 0 Å². The first-order valence-corrected chi connectivity index (χ1v) is 4.63. The van der Waals surface area contributed by atoms with Crippen LogP contribution in [0, 0.1) is 11.3 Å². The summed E-state index contributed by atoms with van der Waals surface area (Å²) >= 11 is 0. The minimum absolute atomic E-state index is 0.120. The molecule has 0 aromatic heterocycles. The zero-order valence-electron chi connectivity index (χ0n) is 8.52. The minimum atomic E-state index is -0.927. The van der Waals surface area contributed by atoms with Gasteiger partial charge < -0.3 is 9.90 Å². The normalized spacial score (nSPS) is 14.3. The molecule has 0 N–H and O–H groups in total. The molecule has 0 aromatic carbocycles. The third kappa shape index (κ3) is 3.24. The number of carboxylic acid groups (broad SMARTS) is 1. The first-order chi connectivity index (χ1) is 5.44. The molecule has 0 radical (unpaired) electrons. The summed E-state index contributed by atoms with van der Waals surface area (Å²) in [5, 5.41) is 10.4. The van der Waals surface area contributed by atoms with Crippen LogP contribution in [0.4, 0.5) is 0 Å². The fourth-order valence-corrected chi connectivity index (χ4v) is 1.46. The van der Waals surface area contributed by atoms with E-state index in [-0.39, 0.29) is 17.8 Å². The van der Waals surface area contributed by atoms with Crippen LogP contribution in [0.5, 0.6) is 0 Å². The Kier molecular flexibility index (Phi) is 4.29. The first kappa shape index (κ1) is 11.5. The average molecular weight is 171 g/mol. The lowest BCUT2D eigenvalue weighted by Gasteiger charge is -2.33. The Bertz CT molecular complexity index is 150. The molecule has 0 aliphatic heterocycles. The van der Waals surface area contributed by atoms with Crippen molar-refractivity contribution in [2.24, 2.45) is 11.3 Å². The maximum atomic E-state index is 10.4. The van der Waals surface area contributed by atoms with Crippen molar-refractivity contribution in [2.75, 3.05) is 0 Å². The van der Waals surface area contributed by atoms with Crippen LogP contribution in [0.3, 0.4) is 0 Å². The highest BCUT2D eigenvalue weighted by Gasteiger charge is 2.25. The van der Waals surface area contributed by atoms with Crippen molar-refractivity contribution < 1.29 is 9.90 Å². The largest absolute Gasteiger partial charge is 0.550 e. The smallest absolute Gasteiger partial charge is 0.0417 e. The van der Waals surface area contributed by atoms with E-state index in [1.54, 1.807) is 0 Å². The molecule has 0 heterocycles. The van der Waals surface area contributed by atoms with Crippen LogP contribution < -0.4 is 5.11 Å². The molecule has 0 bridgehead atoms. The van der Waals surface area contributed by atoms with Crippen LogP contribution in [-0.4, -0.2) is 5.97 Å². The van der Waals surface area contributed by atoms with E-state index >= 15 is 0 Å². The molecule has 12 heavy (non-hydrogen) atoms. The fraction of sp³-hybridized carbons (Fsp3) is 0.900. The summed E-state index contributed by atoms with van der Waals surface area (Å²) < 4.78 is 0. The van der Waals surface area contributed by atoms with E-state index in [0.717, 1.165) is 12.8 Å². The van der Waals surface area contributed by atoms with Gasteiger partial charge in [0.25, 0.3) is 0 Å². The molecule has 0 fully saturated rings. The highest BCUT2D eigenvalue weighted by molar-refractivity contribution is 5.64. The van der Waals surface area contributed by atoms with Crippen LogP contribution in [0.2, 0.25) is 0 Å². The topological polar surface area (TPSA) is 40.1 Å². The summed E-state index contributed by atoms with van der Waals surface area (Å²) in [5.74, 6) is -0.684. The van der Waals surface area contributed by atoms with E-state index in [2.05, 4.69) is 20.8 Å². The zero-order valence-corrected chi connectivity index (χ0v) is 8.52. The maximum absolute atomic E-state index is 10.4. The summed E-state index contributed by atoms with van der Waals surface area (Å²) in [5.41, 5.74) is 0.120. The third-order valence-electron chi connectivity index (χ3n) is 2.92. The highest BCUT2D eigenvalue weighted by atomic mass is 16.4. The van der Waals surface area contributed by atoms with Crippen molar-refractivity contribution in [3.05, 3.63) is 0 Å². The standard InChI is InChI=1S/C10H20O2/c1-5-8(7-9(11)12)10(3,4)6-2/h8H,5-7H2,1-4H3,(H,11,12)/p-1. The number of aliphatic carboxylic acids is 1. The van der Waals surface area contributed by atoms with E-state index in [1.165, 1.54) is 0 Å². The van der Waals surface area contributed by atoms with Gasteiger partial charge in [-0.05, 0) is 17.8 Å². The van der Waals surface area contributed by atoms with Gasteiger partial charge in [-0.25, -0.2) is 0 Å². The Hall–Kier alpha value is -0.530. The van der Waals surface area contributed by atoms with Crippen LogP contribution in [-0.2, 0) is 4.79 Å². The molecule has 1 atom stereocenters. The molecule has 0 aliphatic carbocycles. The summed E-state index contributed by atoms with van der Waals surface area (Å²) in [6, 6.07) is 0. The average Bonchev–Trinajstić information content (AvgIpc) is 1.99. The van der Waals surface area contributed by atoms with E-state index in [0.29, 0.717) is 0 Å². The molecule has 0 rings (SSSR count). The second-order valence-corrected chi connectivity index (χ2v) is 4.02. The van der Waals surface area contributed by atoms with Crippen LogP contribution in [0.25, 0.3) is 0 Å². The monoisotopic (exact) mass is 171 g/mol. The number of hydrogen-bond donors (Lipinski definition) is 0. The number of hydrogen-bond acceptors (Lipinski definition) is 2. The molecular weight excluding hydrogens is 152 g/mol. The maximum Gasteiger partial charge on any atom is 0.0417 e. The van der Waals surface area contributed by atoms with Gasteiger partial charge in [0.15, 0.2) is 0 Å². The van der Waals surface area contributed by atoms with E-state index < -0.39 is 5.97 Å². The SMILES string of the molecule is CCC(CC(=O)[O-])C(C)(C)CC. The van der Waals surface area contributed by atoms with Gasteiger partial charge in [-0.2, -0.15) is 0 Å². The lowest BCUT2D eigenvalue weighted by Crippen LogP contribution is -2.31. The molecule has 0 saturated carbocycles. The second kappa shape index (κ2) is 4.48. The lowest BCUT2D eigenvalue weighted by atomic mass is 9.74. The Morgan fingerprint density at radius 1 is 1.42 bits per heavy atom. The summed E-state index contributed by atoms with van der Waals surface area (Å²) in [7, 11) is 0. The van der Waals surface area contributed by atoms with Crippen molar-refractivity contribution in [1.82, 2.24) is 0 Å². The Labute approximate surface area is 75.0 Å². The molecule has 72 valence electrons. The molecule has 2 heteroatoms. The van der Waals surface area contributed by atoms with Gasteiger partial charge in [0, 0.05) is 5.97 Å². The van der Waals surface area contributed by atoms with Crippen molar-refractivity contribution in [1.29, 1.82) is 0 Å². The van der Waals surface area contributed by atoms with E-state index in [1.807, 2.05) is 6.92 Å². The molecule has 1 unspecified atom stereocenters. The Morgan fingerprint density at radius 2 is 1.92 bits per heavy atom. The summed E-state index contributed by atoms with van der Waals surface area (Å²) in [4.78, 5) is 10.4. The van der Waals surface area contributed by atoms with Crippen LogP contribution in [0.1, 0.15) is 47.0 Å². The van der Waals surface area contributed by atoms with E-state index in [4.69, 9.17) is 0 Å². The summed E-state index contributed by atoms with van der Waals surface area (Å²) in [6.45, 7) is 8.36. The van der Waals surface area contributed by atoms with Gasteiger partial charge >= 0.3 is 0 Å². The van der Waals surface area contributed by atoms with Gasteiger partial charge in [0.2, 0.25) is 0 Å². The van der Waals surface area contributed by atoms with Crippen LogP contribution >= 0.6 is 0 Å². The quantitative estimate of drug-likeness (QED) is 0.630. The van der Waals surface area contributed by atoms with Gasteiger partial charge in [-0.1, -0.05) is 40.5 Å². The summed E-state index contributed by atoms with van der Waals surface area (Å²) in [6.07, 6.45) is 2.12. The highest BCUT2D eigenvalue weighted by Crippen LogP contribution is 2.34. The predicted octanol–water partition coefficient (Wildman–Crippen LogP) is 1.59. The molecule has 0 aliphatic rings. The van der Waals surface area contributed by atoms with Crippen molar-refractivity contribution in [3.63, 3.8) is 0 Å². The van der Waals surface area contributed by atoms with Gasteiger partial charge in [0.1, 0.15) is 0 Å². The lowest BCUT2D eigenvalue weighted by molar-refractivity contribution is -0.307. The molecule has 0 saturated heterocycles. The van der Waals surface area contributed by atoms with Crippen molar-refractivity contribution in [3.8, 4) is 0 Å². The molecule has 0 aromatic rings. The zero-order chi connectivity index (χ0) is 9.78. The van der Waals surface area contributed by atoms with E-state index in [9.17, 15) is 9.90 Å². The molecule has 0 spiro atoms. The van der Waals surface area contributed by atoms with Gasteiger partial charge in [0.05, 0.1) is 0 Å². The number of carboxylic acids is 1. The van der Waals surface area contributed by atoms with Crippen molar-refractivity contribution >= 4 is 5.97 Å². The Balaban J connectivity index is 4.23. The first-order valence-electron chi connectivity index (χ1n) is 4.63. The predicted molar refractivity (Wildman–Crippen MR) is 47.5 cm³/mol. The number of carbonyl (C=O) groups is 1. The molecule has 2 nitrogen and oxygen atoms in total. The fourth-order valence-electron chi connectivity index (χ4n) is 1.46. The molecular formula is C10H19O2-. The van der Waals surface area contributed by atoms with Crippen molar-refractivity contribution in [2.45, 2.75) is 47.0 Å². The third-order valence-corrected chi connectivity index (χ3v) is 2.92. The molecule has 0 amide bonds. The van der Waals surface area contributed by atoms with Crippen LogP contribution in [0.15, 0.2) is 0 Å². The second-order valence-electron chi connectivity index (χ2n) is 4.02. The van der Waals surface area contributed by atoms with Gasteiger partial charge in [-0.15, -0.1) is 0 Å². The minimum Gasteiger partial charge on any atom is -0.550 e.